The van der Waals surface area contributed by atoms with Gasteiger partial charge in [0, 0.05) is 6.42 Å². The lowest BCUT2D eigenvalue weighted by atomic mass is 10.0. The number of aliphatic hydroxyl groups is 2. The van der Waals surface area contributed by atoms with E-state index in [0.717, 1.165) is 51.4 Å². The third kappa shape index (κ3) is 42.8. The summed E-state index contributed by atoms with van der Waals surface area (Å²) in [6.45, 7) is 6.46. The van der Waals surface area contributed by atoms with Crippen molar-refractivity contribution in [2.24, 2.45) is 0 Å². The second-order valence-electron chi connectivity index (χ2n) is 17.9. The van der Waals surface area contributed by atoms with Crippen molar-refractivity contribution in [2.75, 3.05) is 6.61 Å². The Hall–Kier alpha value is -1.66. The Balaban J connectivity index is 4.51. The van der Waals surface area contributed by atoms with E-state index in [0.29, 0.717) is 12.8 Å². The molecule has 348 valence electrons. The van der Waals surface area contributed by atoms with Crippen molar-refractivity contribution < 1.29 is 24.5 Å². The number of hydrogen-bond acceptors (Lipinski definition) is 5. The van der Waals surface area contributed by atoms with Crippen LogP contribution < -0.4 is 5.32 Å². The summed E-state index contributed by atoms with van der Waals surface area (Å²) in [7, 11) is 0. The van der Waals surface area contributed by atoms with Crippen LogP contribution in [0.1, 0.15) is 278 Å². The second-order valence-corrected chi connectivity index (χ2v) is 17.9. The van der Waals surface area contributed by atoms with Crippen molar-refractivity contribution in [3.8, 4) is 0 Å². The van der Waals surface area contributed by atoms with Crippen LogP contribution in [0.5, 0.6) is 0 Å². The smallest absolute Gasteiger partial charge is 0.306 e. The summed E-state index contributed by atoms with van der Waals surface area (Å²) in [6, 6.07) is -0.727. The Morgan fingerprint density at radius 1 is 0.508 bits per heavy atom. The standard InChI is InChI=1S/C53H101NO5/c1-4-7-10-13-16-19-22-24-25-26-27-28-30-33-36-39-42-45-51(56)50(48-55)54-52(57)47-49(44-41-38-35-32-29-21-18-15-12-9-6-3)59-53(58)46-43-40-37-34-31-23-20-17-14-11-8-5-2/h32,35,41,44,49-51,55-56H,4-31,33-34,36-40,42-43,45-48H2,1-3H3,(H,54,57)/b35-32-,44-41+. The maximum Gasteiger partial charge on any atom is 0.306 e. The van der Waals surface area contributed by atoms with Gasteiger partial charge in [-0.25, -0.2) is 0 Å². The summed E-state index contributed by atoms with van der Waals surface area (Å²) in [5.41, 5.74) is 0. The van der Waals surface area contributed by atoms with Gasteiger partial charge in [0.25, 0.3) is 0 Å². The van der Waals surface area contributed by atoms with Crippen LogP contribution in [0, 0.1) is 0 Å². The van der Waals surface area contributed by atoms with Crippen LogP contribution in [0.3, 0.4) is 0 Å². The van der Waals surface area contributed by atoms with E-state index in [4.69, 9.17) is 4.74 Å². The number of ether oxygens (including phenoxy) is 1. The molecule has 0 saturated carbocycles. The highest BCUT2D eigenvalue weighted by molar-refractivity contribution is 5.78. The van der Waals surface area contributed by atoms with Crippen molar-refractivity contribution in [3.05, 3.63) is 24.3 Å². The Morgan fingerprint density at radius 2 is 0.898 bits per heavy atom. The van der Waals surface area contributed by atoms with Gasteiger partial charge in [-0.2, -0.15) is 0 Å². The Bertz CT molecular complexity index is 935. The molecule has 0 heterocycles. The van der Waals surface area contributed by atoms with Crippen LogP contribution in [-0.2, 0) is 14.3 Å². The third-order valence-electron chi connectivity index (χ3n) is 12.0. The second kappa shape index (κ2) is 47.4. The molecule has 1 amide bonds. The number of aliphatic hydroxyl groups excluding tert-OH is 2. The Kier molecular flexibility index (Phi) is 46.1. The van der Waals surface area contributed by atoms with Crippen LogP contribution in [-0.4, -0.2) is 46.9 Å². The summed E-state index contributed by atoms with van der Waals surface area (Å²) < 4.78 is 5.82. The van der Waals surface area contributed by atoms with Gasteiger partial charge in [0.1, 0.15) is 6.10 Å². The molecule has 3 atom stereocenters. The average molecular weight is 832 g/mol. The van der Waals surface area contributed by atoms with Gasteiger partial charge in [0.05, 0.1) is 25.2 Å². The van der Waals surface area contributed by atoms with Crippen molar-refractivity contribution in [1.29, 1.82) is 0 Å². The molecule has 59 heavy (non-hydrogen) atoms. The first-order valence-corrected chi connectivity index (χ1v) is 26.1. The normalized spacial score (nSPS) is 13.4. The van der Waals surface area contributed by atoms with Gasteiger partial charge in [0.2, 0.25) is 5.91 Å². The number of esters is 1. The van der Waals surface area contributed by atoms with E-state index in [1.165, 1.54) is 186 Å². The number of rotatable bonds is 47. The number of allylic oxidation sites excluding steroid dienone is 3. The average Bonchev–Trinajstić information content (AvgIpc) is 3.23. The largest absolute Gasteiger partial charge is 0.458 e. The third-order valence-corrected chi connectivity index (χ3v) is 12.0. The van der Waals surface area contributed by atoms with Gasteiger partial charge >= 0.3 is 5.97 Å². The molecular formula is C53H101NO5. The van der Waals surface area contributed by atoms with Crippen LogP contribution in [0.2, 0.25) is 0 Å². The molecule has 0 rings (SSSR count). The maximum atomic E-state index is 13.1. The molecule has 3 N–H and O–H groups in total. The molecule has 3 unspecified atom stereocenters. The molecule has 0 aliphatic heterocycles. The molecule has 0 aliphatic rings. The Morgan fingerprint density at radius 3 is 1.32 bits per heavy atom. The minimum atomic E-state index is -0.806. The summed E-state index contributed by atoms with van der Waals surface area (Å²) in [4.78, 5) is 26.0. The molecule has 0 fully saturated rings. The fourth-order valence-corrected chi connectivity index (χ4v) is 8.04. The summed E-state index contributed by atoms with van der Waals surface area (Å²) >= 11 is 0. The molecule has 0 radical (unpaired) electrons. The highest BCUT2D eigenvalue weighted by Gasteiger charge is 2.23. The van der Waals surface area contributed by atoms with Crippen LogP contribution in [0.25, 0.3) is 0 Å². The molecule has 0 aromatic heterocycles. The highest BCUT2D eigenvalue weighted by atomic mass is 16.5. The molecular weight excluding hydrogens is 731 g/mol. The fourth-order valence-electron chi connectivity index (χ4n) is 8.04. The molecule has 6 heteroatoms. The van der Waals surface area contributed by atoms with Crippen molar-refractivity contribution >= 4 is 11.9 Å². The van der Waals surface area contributed by atoms with Gasteiger partial charge < -0.3 is 20.3 Å². The predicted octanol–water partition coefficient (Wildman–Crippen LogP) is 15.5. The van der Waals surface area contributed by atoms with Crippen molar-refractivity contribution in [3.63, 3.8) is 0 Å². The zero-order chi connectivity index (χ0) is 43.1. The summed E-state index contributed by atoms with van der Waals surface area (Å²) in [5.74, 6) is -0.590. The monoisotopic (exact) mass is 832 g/mol. The van der Waals surface area contributed by atoms with Gasteiger partial charge in [-0.05, 0) is 38.2 Å². The van der Waals surface area contributed by atoms with Crippen LogP contribution in [0.4, 0.5) is 0 Å². The summed E-state index contributed by atoms with van der Waals surface area (Å²) in [5, 5.41) is 23.7. The van der Waals surface area contributed by atoms with Crippen molar-refractivity contribution in [1.82, 2.24) is 5.32 Å². The number of carbonyl (C=O) groups excluding carboxylic acids is 2. The van der Waals surface area contributed by atoms with E-state index in [1.807, 2.05) is 12.2 Å². The minimum absolute atomic E-state index is 0.0233. The van der Waals surface area contributed by atoms with Gasteiger partial charge in [-0.3, -0.25) is 9.59 Å². The first-order valence-electron chi connectivity index (χ1n) is 26.1. The summed E-state index contributed by atoms with van der Waals surface area (Å²) in [6.07, 6.45) is 54.2. The number of carbonyl (C=O) groups is 2. The molecule has 0 aromatic rings. The quantitative estimate of drug-likeness (QED) is 0.0322. The van der Waals surface area contributed by atoms with E-state index < -0.39 is 18.2 Å². The van der Waals surface area contributed by atoms with E-state index in [2.05, 4.69) is 38.2 Å². The van der Waals surface area contributed by atoms with Gasteiger partial charge in [0.15, 0.2) is 0 Å². The molecule has 6 nitrogen and oxygen atoms in total. The number of amides is 1. The van der Waals surface area contributed by atoms with E-state index in [1.54, 1.807) is 0 Å². The zero-order valence-corrected chi connectivity index (χ0v) is 39.7. The zero-order valence-electron chi connectivity index (χ0n) is 39.7. The Labute approximate surface area is 367 Å². The van der Waals surface area contributed by atoms with Crippen LogP contribution >= 0.6 is 0 Å². The number of hydrogen-bond donors (Lipinski definition) is 3. The highest BCUT2D eigenvalue weighted by Crippen LogP contribution is 2.17. The van der Waals surface area contributed by atoms with Gasteiger partial charge in [-0.15, -0.1) is 0 Å². The molecule has 0 aliphatic carbocycles. The molecule has 0 spiro atoms. The fraction of sp³-hybridized carbons (Fsp3) is 0.887. The molecule has 0 saturated heterocycles. The number of nitrogens with one attached hydrogen (secondary N) is 1. The lowest BCUT2D eigenvalue weighted by Crippen LogP contribution is -2.46. The SMILES string of the molecule is CCCCCCCC/C=C\C/C=C/C(CC(=O)NC(CO)C(O)CCCCCCCCCCCCCCCCCCC)OC(=O)CCCCCCCCCCCCCC. The first-order chi connectivity index (χ1) is 29.0. The molecule has 0 aromatic carbocycles. The first kappa shape index (κ1) is 57.3. The lowest BCUT2D eigenvalue weighted by Gasteiger charge is -2.23. The topological polar surface area (TPSA) is 95.9 Å². The maximum absolute atomic E-state index is 13.1. The number of unbranched alkanes of at least 4 members (excludes halogenated alkanes) is 33. The van der Waals surface area contributed by atoms with E-state index >= 15 is 0 Å². The van der Waals surface area contributed by atoms with E-state index in [-0.39, 0.29) is 24.9 Å². The van der Waals surface area contributed by atoms with Crippen molar-refractivity contribution in [2.45, 2.75) is 296 Å². The van der Waals surface area contributed by atoms with Crippen LogP contribution in [0.15, 0.2) is 24.3 Å². The van der Waals surface area contributed by atoms with Gasteiger partial charge in [-0.1, -0.05) is 251 Å². The van der Waals surface area contributed by atoms with E-state index in [9.17, 15) is 19.8 Å². The lowest BCUT2D eigenvalue weighted by molar-refractivity contribution is -0.148. The minimum Gasteiger partial charge on any atom is -0.458 e. The predicted molar refractivity (Wildman–Crippen MR) is 255 cm³/mol. The molecule has 0 bridgehead atoms.